The van der Waals surface area contributed by atoms with Crippen LogP contribution in [0.15, 0.2) is 48.5 Å². The lowest BCUT2D eigenvalue weighted by atomic mass is 10.1. The highest BCUT2D eigenvalue weighted by molar-refractivity contribution is 6.60. The summed E-state index contributed by atoms with van der Waals surface area (Å²) in [6, 6.07) is 12.4. The van der Waals surface area contributed by atoms with Gasteiger partial charge < -0.3 is 32.2 Å². The SMILES string of the molecule is CCO[Si](CCCCOc1ccc(C(=O)Oc2ccc(C=CC(=O)OC)c(OC)c2)cc1)(OCC)OCC. The molecule has 9 nitrogen and oxygen atoms in total. The molecule has 208 valence electrons. The second-order valence-corrected chi connectivity index (χ2v) is 10.7. The number of rotatable bonds is 17. The fourth-order valence-corrected chi connectivity index (χ4v) is 6.29. The van der Waals surface area contributed by atoms with Gasteiger partial charge in [-0.15, -0.1) is 0 Å². The van der Waals surface area contributed by atoms with Gasteiger partial charge in [0.25, 0.3) is 0 Å². The van der Waals surface area contributed by atoms with Crippen molar-refractivity contribution in [2.75, 3.05) is 40.6 Å². The van der Waals surface area contributed by atoms with Crippen LogP contribution in [0, 0.1) is 0 Å². The highest BCUT2D eigenvalue weighted by Gasteiger charge is 2.39. The molecule has 2 aromatic rings. The Bertz CT molecular complexity index is 1020. The van der Waals surface area contributed by atoms with Crippen molar-refractivity contribution in [2.24, 2.45) is 0 Å². The molecule has 10 heteroatoms. The van der Waals surface area contributed by atoms with Crippen LogP contribution in [-0.2, 0) is 22.8 Å². The molecule has 2 aromatic carbocycles. The Kier molecular flexibility index (Phi) is 13.6. The van der Waals surface area contributed by atoms with Crippen molar-refractivity contribution in [3.8, 4) is 17.2 Å². The van der Waals surface area contributed by atoms with Crippen LogP contribution in [0.1, 0.15) is 49.5 Å². The van der Waals surface area contributed by atoms with E-state index in [1.165, 1.54) is 20.3 Å². The van der Waals surface area contributed by atoms with Crippen LogP contribution in [0.3, 0.4) is 0 Å². The highest BCUT2D eigenvalue weighted by atomic mass is 28.4. The zero-order chi connectivity index (χ0) is 27.8. The predicted octanol–water partition coefficient (Wildman–Crippen LogP) is 5.31. The van der Waals surface area contributed by atoms with Gasteiger partial charge >= 0.3 is 20.7 Å². The summed E-state index contributed by atoms with van der Waals surface area (Å²) in [5, 5.41) is 0. The Morgan fingerprint density at radius 1 is 0.842 bits per heavy atom. The van der Waals surface area contributed by atoms with Crippen molar-refractivity contribution in [3.05, 3.63) is 59.7 Å². The van der Waals surface area contributed by atoms with Gasteiger partial charge in [0.1, 0.15) is 17.2 Å². The molecule has 0 aliphatic carbocycles. The first-order chi connectivity index (χ1) is 18.4. The summed E-state index contributed by atoms with van der Waals surface area (Å²) in [5.41, 5.74) is 1.02. The van der Waals surface area contributed by atoms with Gasteiger partial charge in [0.2, 0.25) is 0 Å². The van der Waals surface area contributed by atoms with Gasteiger partial charge in [-0.05, 0) is 76.1 Å². The molecular weight excluding hydrogens is 508 g/mol. The number of benzene rings is 2. The fourth-order valence-electron chi connectivity index (χ4n) is 3.61. The third-order valence-corrected chi connectivity index (χ3v) is 8.50. The second-order valence-electron chi connectivity index (χ2n) is 7.96. The molecule has 0 saturated heterocycles. The molecule has 0 aromatic heterocycles. The Hall–Kier alpha value is -3.18. The van der Waals surface area contributed by atoms with Crippen molar-refractivity contribution in [1.29, 1.82) is 0 Å². The molecule has 0 fully saturated rings. The fraction of sp³-hybridized carbons (Fsp3) is 0.429. The standard InChI is InChI=1S/C28H38O9Si/c1-6-34-38(35-7-2,36-8-3)20-10-9-19-33-24-15-12-23(13-16-24)28(30)37-25-17-11-22(26(21-25)31-4)14-18-27(29)32-5/h11-18,21H,6-10,19-20H2,1-5H3. The highest BCUT2D eigenvalue weighted by Crippen LogP contribution is 2.27. The second kappa shape index (κ2) is 16.6. The summed E-state index contributed by atoms with van der Waals surface area (Å²) in [5.74, 6) is 0.424. The third kappa shape index (κ3) is 9.94. The maximum absolute atomic E-state index is 12.6. The van der Waals surface area contributed by atoms with Crippen LogP contribution in [0.5, 0.6) is 17.2 Å². The lowest BCUT2D eigenvalue weighted by Gasteiger charge is -2.28. The number of hydrogen-bond donors (Lipinski definition) is 0. The molecule has 0 N–H and O–H groups in total. The predicted molar refractivity (Wildman–Crippen MR) is 146 cm³/mol. The monoisotopic (exact) mass is 546 g/mol. The summed E-state index contributed by atoms with van der Waals surface area (Å²) in [7, 11) is 0.156. The van der Waals surface area contributed by atoms with Crippen LogP contribution < -0.4 is 14.2 Å². The third-order valence-electron chi connectivity index (χ3n) is 5.34. The van der Waals surface area contributed by atoms with Crippen LogP contribution in [0.4, 0.5) is 0 Å². The molecule has 0 spiro atoms. The molecule has 0 heterocycles. The van der Waals surface area contributed by atoms with Gasteiger partial charge in [-0.2, -0.15) is 0 Å². The molecule has 0 aliphatic heterocycles. The topological polar surface area (TPSA) is 98.8 Å². The van der Waals surface area contributed by atoms with Crippen LogP contribution in [0.2, 0.25) is 6.04 Å². The van der Waals surface area contributed by atoms with Crippen LogP contribution in [-0.4, -0.2) is 61.4 Å². The van der Waals surface area contributed by atoms with Gasteiger partial charge in [0, 0.05) is 43.6 Å². The average molecular weight is 547 g/mol. The zero-order valence-electron chi connectivity index (χ0n) is 22.8. The van der Waals surface area contributed by atoms with Crippen molar-refractivity contribution in [1.82, 2.24) is 0 Å². The number of unbranched alkanes of at least 4 members (excludes halogenated alkanes) is 1. The molecular formula is C28H38O9Si. The van der Waals surface area contributed by atoms with E-state index < -0.39 is 20.7 Å². The number of esters is 2. The van der Waals surface area contributed by atoms with Gasteiger partial charge in [0.05, 0.1) is 26.4 Å². The minimum absolute atomic E-state index is 0.313. The number of carbonyl (C=O) groups excluding carboxylic acids is 2. The lowest BCUT2D eigenvalue weighted by molar-refractivity contribution is -0.134. The molecule has 2 rings (SSSR count). The van der Waals surface area contributed by atoms with Gasteiger partial charge in [0.15, 0.2) is 0 Å². The number of hydrogen-bond acceptors (Lipinski definition) is 9. The summed E-state index contributed by atoms with van der Waals surface area (Å²) >= 11 is 0. The Labute approximate surface area is 226 Å². The van der Waals surface area contributed by atoms with E-state index in [1.807, 2.05) is 20.8 Å². The van der Waals surface area contributed by atoms with Crippen molar-refractivity contribution in [2.45, 2.75) is 39.7 Å². The van der Waals surface area contributed by atoms with E-state index >= 15 is 0 Å². The number of methoxy groups -OCH3 is 2. The summed E-state index contributed by atoms with van der Waals surface area (Å²) in [6.45, 7) is 8.04. The van der Waals surface area contributed by atoms with E-state index in [4.69, 9.17) is 27.5 Å². The van der Waals surface area contributed by atoms with E-state index in [-0.39, 0.29) is 0 Å². The Balaban J connectivity index is 1.87. The van der Waals surface area contributed by atoms with Gasteiger partial charge in [-0.3, -0.25) is 0 Å². The van der Waals surface area contributed by atoms with E-state index in [0.29, 0.717) is 54.8 Å². The van der Waals surface area contributed by atoms with Crippen molar-refractivity contribution in [3.63, 3.8) is 0 Å². The Morgan fingerprint density at radius 2 is 1.47 bits per heavy atom. The van der Waals surface area contributed by atoms with Crippen molar-refractivity contribution < 1.29 is 41.8 Å². The minimum Gasteiger partial charge on any atom is -0.496 e. The molecule has 0 aliphatic rings. The average Bonchev–Trinajstić information content (AvgIpc) is 2.92. The van der Waals surface area contributed by atoms with E-state index in [1.54, 1.807) is 48.5 Å². The van der Waals surface area contributed by atoms with Crippen molar-refractivity contribution >= 4 is 26.8 Å². The largest absolute Gasteiger partial charge is 0.500 e. The zero-order valence-corrected chi connectivity index (χ0v) is 23.8. The summed E-state index contributed by atoms with van der Waals surface area (Å²) < 4.78 is 38.9. The first-order valence-electron chi connectivity index (χ1n) is 12.7. The maximum Gasteiger partial charge on any atom is 0.500 e. The number of carbonyl (C=O) groups is 2. The maximum atomic E-state index is 12.6. The summed E-state index contributed by atoms with van der Waals surface area (Å²) in [4.78, 5) is 23.9. The minimum atomic E-state index is -2.63. The molecule has 0 atom stereocenters. The molecule has 38 heavy (non-hydrogen) atoms. The molecule has 0 radical (unpaired) electrons. The van der Waals surface area contributed by atoms with Crippen LogP contribution in [0.25, 0.3) is 6.08 Å². The first kappa shape index (κ1) is 31.0. The lowest BCUT2D eigenvalue weighted by Crippen LogP contribution is -2.45. The van der Waals surface area contributed by atoms with E-state index in [0.717, 1.165) is 18.9 Å². The quantitative estimate of drug-likeness (QED) is 0.0859. The normalized spacial score (nSPS) is 11.4. The first-order valence-corrected chi connectivity index (χ1v) is 14.6. The van der Waals surface area contributed by atoms with Gasteiger partial charge in [-0.25, -0.2) is 9.59 Å². The molecule has 0 amide bonds. The molecule has 0 saturated carbocycles. The number of ether oxygens (including phenoxy) is 4. The van der Waals surface area contributed by atoms with Gasteiger partial charge in [-0.1, -0.05) is 0 Å². The van der Waals surface area contributed by atoms with E-state index in [2.05, 4.69) is 4.74 Å². The van der Waals surface area contributed by atoms with Crippen LogP contribution >= 0.6 is 0 Å². The van der Waals surface area contributed by atoms with E-state index in [9.17, 15) is 9.59 Å². The molecule has 0 bridgehead atoms. The summed E-state index contributed by atoms with van der Waals surface area (Å²) in [6.07, 6.45) is 4.52. The molecule has 0 unspecified atom stereocenters. The smallest absolute Gasteiger partial charge is 0.496 e. The Morgan fingerprint density at radius 3 is 2.05 bits per heavy atom.